The summed E-state index contributed by atoms with van der Waals surface area (Å²) in [6.45, 7) is 5.77. The average Bonchev–Trinajstić information content (AvgIpc) is 3.34. The Bertz CT molecular complexity index is 733. The largest absolute Gasteiger partial charge is 0.447 e. The summed E-state index contributed by atoms with van der Waals surface area (Å²) in [6, 6.07) is 9.73. The first-order valence-corrected chi connectivity index (χ1v) is 11.3. The zero-order valence-corrected chi connectivity index (χ0v) is 18.0. The van der Waals surface area contributed by atoms with Gasteiger partial charge in [0.05, 0.1) is 19.3 Å². The zero-order valence-electron chi connectivity index (χ0n) is 18.0. The van der Waals surface area contributed by atoms with Crippen LogP contribution in [-0.4, -0.2) is 48.5 Å². The van der Waals surface area contributed by atoms with Crippen molar-refractivity contribution in [3.05, 3.63) is 35.9 Å². The number of amides is 2. The summed E-state index contributed by atoms with van der Waals surface area (Å²) in [5.41, 5.74) is 1.11. The molecule has 0 radical (unpaired) electrons. The Morgan fingerprint density at radius 3 is 2.43 bits per heavy atom. The third kappa shape index (κ3) is 4.54. The van der Waals surface area contributed by atoms with Gasteiger partial charge in [0.15, 0.2) is 5.79 Å². The number of imide groups is 1. The van der Waals surface area contributed by atoms with Crippen molar-refractivity contribution in [3.8, 4) is 0 Å². The van der Waals surface area contributed by atoms with E-state index in [0.29, 0.717) is 25.6 Å². The second-order valence-electron chi connectivity index (χ2n) is 9.27. The third-order valence-corrected chi connectivity index (χ3v) is 6.90. The molecule has 0 bridgehead atoms. The first kappa shape index (κ1) is 21.3. The van der Waals surface area contributed by atoms with E-state index in [1.165, 1.54) is 4.90 Å². The average molecular weight is 416 g/mol. The lowest BCUT2D eigenvalue weighted by atomic mass is 9.77. The second kappa shape index (κ2) is 9.06. The number of nitrogens with zero attached hydrogens (tertiary/aromatic N) is 1. The van der Waals surface area contributed by atoms with Crippen molar-refractivity contribution in [2.75, 3.05) is 19.8 Å². The van der Waals surface area contributed by atoms with Gasteiger partial charge in [-0.3, -0.25) is 4.79 Å². The highest BCUT2D eigenvalue weighted by Crippen LogP contribution is 2.41. The Morgan fingerprint density at radius 1 is 1.13 bits per heavy atom. The SMILES string of the molecule is CC(C)[C@H](CC1CCC2(CC1)OCCO2)C(=O)N1C(=O)OC[C@@H]1Cc1ccccc1. The van der Waals surface area contributed by atoms with Gasteiger partial charge in [-0.15, -0.1) is 0 Å². The van der Waals surface area contributed by atoms with Crippen LogP contribution in [0.15, 0.2) is 30.3 Å². The van der Waals surface area contributed by atoms with Gasteiger partial charge in [0.2, 0.25) is 5.91 Å². The maximum absolute atomic E-state index is 13.5. The molecule has 1 saturated carbocycles. The van der Waals surface area contributed by atoms with Crippen molar-refractivity contribution >= 4 is 12.0 Å². The van der Waals surface area contributed by atoms with Crippen LogP contribution in [0.4, 0.5) is 4.79 Å². The molecule has 4 rings (SSSR count). The van der Waals surface area contributed by atoms with Crippen LogP contribution in [0.3, 0.4) is 0 Å². The molecule has 30 heavy (non-hydrogen) atoms. The molecule has 2 aliphatic heterocycles. The van der Waals surface area contributed by atoms with E-state index in [-0.39, 0.29) is 36.2 Å². The van der Waals surface area contributed by atoms with E-state index >= 15 is 0 Å². The molecule has 1 aromatic carbocycles. The van der Waals surface area contributed by atoms with Crippen molar-refractivity contribution in [3.63, 3.8) is 0 Å². The van der Waals surface area contributed by atoms with Crippen molar-refractivity contribution in [2.24, 2.45) is 17.8 Å². The molecule has 2 heterocycles. The second-order valence-corrected chi connectivity index (χ2v) is 9.27. The van der Waals surface area contributed by atoms with Gasteiger partial charge in [-0.05, 0) is 43.1 Å². The van der Waals surface area contributed by atoms with Gasteiger partial charge in [-0.25, -0.2) is 9.69 Å². The van der Waals surface area contributed by atoms with E-state index in [1.807, 2.05) is 30.3 Å². The monoisotopic (exact) mass is 415 g/mol. The van der Waals surface area contributed by atoms with Gasteiger partial charge in [0, 0.05) is 18.8 Å². The van der Waals surface area contributed by atoms with Gasteiger partial charge in [-0.2, -0.15) is 0 Å². The van der Waals surface area contributed by atoms with Crippen molar-refractivity contribution in [2.45, 2.75) is 64.2 Å². The summed E-state index contributed by atoms with van der Waals surface area (Å²) in [4.78, 5) is 27.3. The van der Waals surface area contributed by atoms with E-state index in [9.17, 15) is 9.59 Å². The summed E-state index contributed by atoms with van der Waals surface area (Å²) in [6.07, 6.45) is 4.70. The van der Waals surface area contributed by atoms with Crippen LogP contribution < -0.4 is 0 Å². The van der Waals surface area contributed by atoms with Crippen LogP contribution in [0.1, 0.15) is 51.5 Å². The molecular weight excluding hydrogens is 382 g/mol. The molecule has 164 valence electrons. The van der Waals surface area contributed by atoms with Crippen LogP contribution in [0.5, 0.6) is 0 Å². The molecule has 3 fully saturated rings. The molecule has 0 unspecified atom stereocenters. The summed E-state index contributed by atoms with van der Waals surface area (Å²) < 4.78 is 17.0. The molecular formula is C24H33NO5. The Labute approximate surface area is 178 Å². The fourth-order valence-corrected chi connectivity index (χ4v) is 5.10. The lowest BCUT2D eigenvalue weighted by molar-refractivity contribution is -0.183. The number of hydrogen-bond donors (Lipinski definition) is 0. The van der Waals surface area contributed by atoms with E-state index in [2.05, 4.69) is 13.8 Å². The minimum Gasteiger partial charge on any atom is -0.447 e. The van der Waals surface area contributed by atoms with Gasteiger partial charge < -0.3 is 14.2 Å². The highest BCUT2D eigenvalue weighted by molar-refractivity contribution is 5.95. The summed E-state index contributed by atoms with van der Waals surface area (Å²) in [5.74, 6) is -0.0301. The Kier molecular flexibility index (Phi) is 6.44. The number of cyclic esters (lactones) is 1. The van der Waals surface area contributed by atoms with Crippen molar-refractivity contribution in [1.82, 2.24) is 4.90 Å². The molecule has 1 spiro atoms. The third-order valence-electron chi connectivity index (χ3n) is 6.90. The molecule has 2 amide bonds. The lowest BCUT2D eigenvalue weighted by Crippen LogP contribution is -2.45. The first-order valence-electron chi connectivity index (χ1n) is 11.3. The predicted molar refractivity (Wildman–Crippen MR) is 112 cm³/mol. The summed E-state index contributed by atoms with van der Waals surface area (Å²) in [5, 5.41) is 0. The molecule has 0 N–H and O–H groups in total. The maximum Gasteiger partial charge on any atom is 0.416 e. The number of ether oxygens (including phenoxy) is 3. The first-order chi connectivity index (χ1) is 14.5. The van der Waals surface area contributed by atoms with Gasteiger partial charge in [-0.1, -0.05) is 44.2 Å². The Hall–Kier alpha value is -1.92. The number of hydrogen-bond acceptors (Lipinski definition) is 5. The van der Waals surface area contributed by atoms with Crippen LogP contribution in [0.2, 0.25) is 0 Å². The fraction of sp³-hybridized carbons (Fsp3) is 0.667. The lowest BCUT2D eigenvalue weighted by Gasteiger charge is -2.37. The van der Waals surface area contributed by atoms with E-state index in [0.717, 1.165) is 37.7 Å². The fourth-order valence-electron chi connectivity index (χ4n) is 5.10. The normalized spacial score (nSPS) is 25.1. The Balaban J connectivity index is 1.41. The number of carbonyl (C=O) groups excluding carboxylic acids is 2. The zero-order chi connectivity index (χ0) is 21.1. The Morgan fingerprint density at radius 2 is 1.80 bits per heavy atom. The highest BCUT2D eigenvalue weighted by Gasteiger charge is 2.44. The molecule has 3 aliphatic rings. The van der Waals surface area contributed by atoms with Crippen LogP contribution in [0.25, 0.3) is 0 Å². The molecule has 6 nitrogen and oxygen atoms in total. The molecule has 6 heteroatoms. The van der Waals surface area contributed by atoms with Crippen molar-refractivity contribution in [1.29, 1.82) is 0 Å². The number of benzene rings is 1. The molecule has 2 atom stereocenters. The maximum atomic E-state index is 13.5. The standard InChI is InChI=1S/C24H33NO5/c1-17(2)21(15-19-8-10-24(11-9-19)29-12-13-30-24)22(26)25-20(16-28-23(25)27)14-18-6-4-3-5-7-18/h3-7,17,19-21H,8-16H2,1-2H3/t20-,21-/m0/s1. The quantitative estimate of drug-likeness (QED) is 0.698. The number of rotatable bonds is 6. The molecule has 0 aromatic heterocycles. The highest BCUT2D eigenvalue weighted by atomic mass is 16.7. The minimum atomic E-state index is -0.498. The molecule has 1 aromatic rings. The minimum absolute atomic E-state index is 0.0814. The molecule has 1 aliphatic carbocycles. The van der Waals surface area contributed by atoms with Crippen molar-refractivity contribution < 1.29 is 23.8 Å². The predicted octanol–water partition coefficient (Wildman–Crippen LogP) is 4.17. The van der Waals surface area contributed by atoms with Crippen LogP contribution in [0, 0.1) is 17.8 Å². The van der Waals surface area contributed by atoms with Gasteiger partial charge >= 0.3 is 6.09 Å². The van der Waals surface area contributed by atoms with E-state index < -0.39 is 6.09 Å². The van der Waals surface area contributed by atoms with Gasteiger partial charge in [0.25, 0.3) is 0 Å². The van der Waals surface area contributed by atoms with Crippen LogP contribution >= 0.6 is 0 Å². The molecule has 2 saturated heterocycles. The topological polar surface area (TPSA) is 65.1 Å². The smallest absolute Gasteiger partial charge is 0.416 e. The number of carbonyl (C=O) groups is 2. The van der Waals surface area contributed by atoms with Gasteiger partial charge in [0.1, 0.15) is 6.61 Å². The van der Waals surface area contributed by atoms with Crippen LogP contribution in [-0.2, 0) is 25.4 Å². The van der Waals surface area contributed by atoms with E-state index in [1.54, 1.807) is 0 Å². The summed E-state index contributed by atoms with van der Waals surface area (Å²) in [7, 11) is 0. The van der Waals surface area contributed by atoms with E-state index in [4.69, 9.17) is 14.2 Å². The summed E-state index contributed by atoms with van der Waals surface area (Å²) >= 11 is 0.